The van der Waals surface area contributed by atoms with Gasteiger partial charge < -0.3 is 10.2 Å². The fourth-order valence-electron chi connectivity index (χ4n) is 1.33. The number of carbonyl (C=O) groups excluding carboxylic acids is 2. The number of likely N-dealkylation sites (N-methyl/N-ethyl adjacent to an activating group) is 1. The summed E-state index contributed by atoms with van der Waals surface area (Å²) < 4.78 is 0. The molecule has 4 nitrogen and oxygen atoms in total. The maximum absolute atomic E-state index is 11.5. The lowest BCUT2D eigenvalue weighted by molar-refractivity contribution is -0.132. The smallest absolute Gasteiger partial charge is 0.241 e. The fourth-order valence-corrected chi connectivity index (χ4v) is 1.73. The highest BCUT2D eigenvalue weighted by molar-refractivity contribution is 9.09. The van der Waals surface area contributed by atoms with Crippen LogP contribution < -0.4 is 5.32 Å². The van der Waals surface area contributed by atoms with Crippen LogP contribution in [0.1, 0.15) is 33.1 Å². The molecule has 0 aromatic carbocycles. The quantitative estimate of drug-likeness (QED) is 0.545. The Kier molecular flexibility index (Phi) is 9.28. The molecule has 0 spiro atoms. The van der Waals surface area contributed by atoms with Gasteiger partial charge in [0.15, 0.2) is 0 Å². The van der Waals surface area contributed by atoms with Crippen LogP contribution in [-0.4, -0.2) is 41.7 Å². The average Bonchev–Trinajstić information content (AvgIpc) is 2.28. The third-order valence-electron chi connectivity index (χ3n) is 2.34. The SMILES string of the molecule is CCN(CC)C(=O)CNC(=O)CCCCBr. The van der Waals surface area contributed by atoms with E-state index in [-0.39, 0.29) is 18.4 Å². The molecule has 1 N–H and O–H groups in total. The number of hydrogen-bond donors (Lipinski definition) is 1. The summed E-state index contributed by atoms with van der Waals surface area (Å²) in [6.07, 6.45) is 2.34. The van der Waals surface area contributed by atoms with Crippen molar-refractivity contribution in [2.45, 2.75) is 33.1 Å². The molecule has 16 heavy (non-hydrogen) atoms. The molecule has 0 aliphatic carbocycles. The van der Waals surface area contributed by atoms with Crippen molar-refractivity contribution in [2.75, 3.05) is 25.0 Å². The summed E-state index contributed by atoms with van der Waals surface area (Å²) in [6, 6.07) is 0. The van der Waals surface area contributed by atoms with Crippen LogP contribution in [-0.2, 0) is 9.59 Å². The van der Waals surface area contributed by atoms with Gasteiger partial charge in [0.05, 0.1) is 6.54 Å². The van der Waals surface area contributed by atoms with Gasteiger partial charge in [0, 0.05) is 24.8 Å². The first-order valence-electron chi connectivity index (χ1n) is 5.76. The molecule has 0 heterocycles. The van der Waals surface area contributed by atoms with Crippen molar-refractivity contribution in [1.82, 2.24) is 10.2 Å². The maximum atomic E-state index is 11.5. The van der Waals surface area contributed by atoms with E-state index in [1.54, 1.807) is 4.90 Å². The number of halogens is 1. The number of unbranched alkanes of at least 4 members (excludes halogenated alkanes) is 1. The van der Waals surface area contributed by atoms with E-state index < -0.39 is 0 Å². The molecule has 94 valence electrons. The second-order valence-corrected chi connectivity index (χ2v) is 4.28. The van der Waals surface area contributed by atoms with E-state index in [2.05, 4.69) is 21.2 Å². The Balaban J connectivity index is 3.70. The average molecular weight is 293 g/mol. The number of alkyl halides is 1. The minimum Gasteiger partial charge on any atom is -0.347 e. The molecule has 0 atom stereocenters. The molecule has 0 fully saturated rings. The summed E-state index contributed by atoms with van der Waals surface area (Å²) in [6.45, 7) is 5.36. The standard InChI is InChI=1S/C11H21BrN2O2/c1-3-14(4-2)11(16)9-13-10(15)7-5-6-8-12/h3-9H2,1-2H3,(H,13,15). The Labute approximate surface area is 106 Å². The van der Waals surface area contributed by atoms with Gasteiger partial charge in [-0.05, 0) is 26.7 Å². The monoisotopic (exact) mass is 292 g/mol. The molecule has 0 aliphatic heterocycles. The molecule has 5 heteroatoms. The zero-order valence-electron chi connectivity index (χ0n) is 10.1. The molecule has 0 aliphatic rings. The highest BCUT2D eigenvalue weighted by Crippen LogP contribution is 1.98. The Morgan fingerprint density at radius 1 is 1.19 bits per heavy atom. The number of nitrogens with zero attached hydrogens (tertiary/aromatic N) is 1. The predicted octanol–water partition coefficient (Wildman–Crippen LogP) is 1.54. The molecular formula is C11H21BrN2O2. The molecule has 2 amide bonds. The largest absolute Gasteiger partial charge is 0.347 e. The van der Waals surface area contributed by atoms with Crippen molar-refractivity contribution < 1.29 is 9.59 Å². The first kappa shape index (κ1) is 15.4. The van der Waals surface area contributed by atoms with Gasteiger partial charge in [-0.1, -0.05) is 15.9 Å². The van der Waals surface area contributed by atoms with Gasteiger partial charge in [-0.25, -0.2) is 0 Å². The summed E-state index contributed by atoms with van der Waals surface area (Å²) in [7, 11) is 0. The summed E-state index contributed by atoms with van der Waals surface area (Å²) in [4.78, 5) is 24.6. The van der Waals surface area contributed by atoms with Crippen molar-refractivity contribution in [3.05, 3.63) is 0 Å². The van der Waals surface area contributed by atoms with Crippen LogP contribution >= 0.6 is 15.9 Å². The van der Waals surface area contributed by atoms with Crippen molar-refractivity contribution in [3.8, 4) is 0 Å². The summed E-state index contributed by atoms with van der Waals surface area (Å²) in [5.41, 5.74) is 0. The van der Waals surface area contributed by atoms with Gasteiger partial charge in [0.2, 0.25) is 11.8 Å². The van der Waals surface area contributed by atoms with E-state index in [1.165, 1.54) is 0 Å². The van der Waals surface area contributed by atoms with E-state index in [4.69, 9.17) is 0 Å². The van der Waals surface area contributed by atoms with Crippen LogP contribution in [0.15, 0.2) is 0 Å². The first-order chi connectivity index (χ1) is 7.65. The van der Waals surface area contributed by atoms with Crippen LogP contribution in [0.4, 0.5) is 0 Å². The number of nitrogens with one attached hydrogen (secondary N) is 1. The predicted molar refractivity (Wildman–Crippen MR) is 68.6 cm³/mol. The van der Waals surface area contributed by atoms with Crippen molar-refractivity contribution in [3.63, 3.8) is 0 Å². The molecule has 0 saturated heterocycles. The summed E-state index contributed by atoms with van der Waals surface area (Å²) in [5, 5.41) is 3.56. The Morgan fingerprint density at radius 2 is 1.81 bits per heavy atom. The topological polar surface area (TPSA) is 49.4 Å². The summed E-state index contributed by atoms with van der Waals surface area (Å²) in [5.74, 6) is -0.0553. The third-order valence-corrected chi connectivity index (χ3v) is 2.90. The van der Waals surface area contributed by atoms with Gasteiger partial charge >= 0.3 is 0 Å². The van der Waals surface area contributed by atoms with Crippen LogP contribution in [0.5, 0.6) is 0 Å². The lowest BCUT2D eigenvalue weighted by atomic mass is 10.2. The van der Waals surface area contributed by atoms with Gasteiger partial charge in [-0.15, -0.1) is 0 Å². The number of rotatable bonds is 8. The van der Waals surface area contributed by atoms with Crippen molar-refractivity contribution in [1.29, 1.82) is 0 Å². The second-order valence-electron chi connectivity index (χ2n) is 3.49. The molecular weight excluding hydrogens is 272 g/mol. The Bertz CT molecular complexity index is 218. The van der Waals surface area contributed by atoms with Crippen molar-refractivity contribution >= 4 is 27.7 Å². The lowest BCUT2D eigenvalue weighted by Gasteiger charge is -2.18. The number of amides is 2. The maximum Gasteiger partial charge on any atom is 0.241 e. The van der Waals surface area contributed by atoms with Crippen LogP contribution in [0.3, 0.4) is 0 Å². The second kappa shape index (κ2) is 9.63. The van der Waals surface area contributed by atoms with E-state index in [0.29, 0.717) is 19.5 Å². The van der Waals surface area contributed by atoms with Crippen molar-refractivity contribution in [2.24, 2.45) is 0 Å². The molecule has 0 rings (SSSR count). The molecule has 0 aromatic heterocycles. The highest BCUT2D eigenvalue weighted by Gasteiger charge is 2.10. The zero-order valence-corrected chi connectivity index (χ0v) is 11.7. The normalized spacial score (nSPS) is 9.94. The minimum atomic E-state index is -0.0403. The van der Waals surface area contributed by atoms with E-state index in [1.807, 2.05) is 13.8 Å². The number of hydrogen-bond acceptors (Lipinski definition) is 2. The van der Waals surface area contributed by atoms with E-state index in [0.717, 1.165) is 18.2 Å². The molecule has 0 unspecified atom stereocenters. The zero-order chi connectivity index (χ0) is 12.4. The number of carbonyl (C=O) groups is 2. The molecule has 0 bridgehead atoms. The lowest BCUT2D eigenvalue weighted by Crippen LogP contribution is -2.39. The highest BCUT2D eigenvalue weighted by atomic mass is 79.9. The van der Waals surface area contributed by atoms with Gasteiger partial charge in [-0.2, -0.15) is 0 Å². The van der Waals surface area contributed by atoms with Gasteiger partial charge in [0.1, 0.15) is 0 Å². The third kappa shape index (κ3) is 6.82. The van der Waals surface area contributed by atoms with Crippen LogP contribution in [0.2, 0.25) is 0 Å². The Morgan fingerprint density at radius 3 is 2.31 bits per heavy atom. The van der Waals surface area contributed by atoms with Gasteiger partial charge in [0.25, 0.3) is 0 Å². The summed E-state index contributed by atoms with van der Waals surface area (Å²) >= 11 is 3.31. The van der Waals surface area contributed by atoms with Crippen LogP contribution in [0.25, 0.3) is 0 Å². The molecule has 0 saturated carbocycles. The van der Waals surface area contributed by atoms with E-state index >= 15 is 0 Å². The first-order valence-corrected chi connectivity index (χ1v) is 6.88. The van der Waals surface area contributed by atoms with Gasteiger partial charge in [-0.3, -0.25) is 9.59 Å². The fraction of sp³-hybridized carbons (Fsp3) is 0.818. The van der Waals surface area contributed by atoms with Crippen LogP contribution in [0, 0.1) is 0 Å². The molecule has 0 radical (unpaired) electrons. The minimum absolute atomic E-state index is 0.0150. The van der Waals surface area contributed by atoms with E-state index in [9.17, 15) is 9.59 Å². The Hall–Kier alpha value is -0.580. The molecule has 0 aromatic rings.